The predicted molar refractivity (Wildman–Crippen MR) is 67.6 cm³/mol. The monoisotopic (exact) mass is 291 g/mol. The molecule has 0 N–H and O–H groups in total. The van der Waals surface area contributed by atoms with E-state index in [0.29, 0.717) is 17.4 Å². The molecule has 0 radical (unpaired) electrons. The van der Waals surface area contributed by atoms with Crippen molar-refractivity contribution in [3.8, 4) is 0 Å². The van der Waals surface area contributed by atoms with Gasteiger partial charge >= 0.3 is 5.51 Å². The van der Waals surface area contributed by atoms with Crippen LogP contribution < -0.4 is 0 Å². The summed E-state index contributed by atoms with van der Waals surface area (Å²) in [7, 11) is 0. The van der Waals surface area contributed by atoms with Gasteiger partial charge in [0.25, 0.3) is 0 Å². The van der Waals surface area contributed by atoms with E-state index in [1.54, 1.807) is 6.07 Å². The molecule has 0 saturated carbocycles. The first-order chi connectivity index (χ1) is 8.53. The standard InChI is InChI=1S/C10H8F3N3S2/c11-10(12,13)18-8-3-1-2-7(6-8)15-16-9-14-4-5-17-9/h1-3,6H,4-5H2. The molecule has 0 saturated heterocycles. The topological polar surface area (TPSA) is 37.1 Å². The first-order valence-corrected chi connectivity index (χ1v) is 6.78. The molecule has 0 atom stereocenters. The molecule has 0 unspecified atom stereocenters. The molecule has 96 valence electrons. The average Bonchev–Trinajstić information content (AvgIpc) is 2.77. The van der Waals surface area contributed by atoms with E-state index in [0.717, 1.165) is 5.75 Å². The highest BCUT2D eigenvalue weighted by Crippen LogP contribution is 2.37. The average molecular weight is 291 g/mol. The summed E-state index contributed by atoms with van der Waals surface area (Å²) in [6.45, 7) is 0.711. The zero-order valence-electron chi connectivity index (χ0n) is 9.02. The largest absolute Gasteiger partial charge is 0.446 e. The van der Waals surface area contributed by atoms with Gasteiger partial charge in [-0.2, -0.15) is 13.2 Å². The summed E-state index contributed by atoms with van der Waals surface area (Å²) in [6.07, 6.45) is 0. The summed E-state index contributed by atoms with van der Waals surface area (Å²) in [4.78, 5) is 4.16. The molecule has 1 aromatic carbocycles. The molecule has 1 aromatic rings. The predicted octanol–water partition coefficient (Wildman–Crippen LogP) is 4.49. The first-order valence-electron chi connectivity index (χ1n) is 4.98. The summed E-state index contributed by atoms with van der Waals surface area (Å²) >= 11 is 1.32. The quantitative estimate of drug-likeness (QED) is 0.595. The second kappa shape index (κ2) is 5.75. The Balaban J connectivity index is 2.07. The minimum atomic E-state index is -4.29. The van der Waals surface area contributed by atoms with Gasteiger partial charge in [-0.25, -0.2) is 0 Å². The van der Waals surface area contributed by atoms with Gasteiger partial charge in [0.2, 0.25) is 5.17 Å². The third kappa shape index (κ3) is 4.34. The SMILES string of the molecule is FC(F)(F)Sc1cccc(N=NC2=NCCS2)c1. The van der Waals surface area contributed by atoms with Crippen molar-refractivity contribution in [2.45, 2.75) is 10.4 Å². The maximum Gasteiger partial charge on any atom is 0.446 e. The first kappa shape index (κ1) is 13.4. The number of halogens is 3. The lowest BCUT2D eigenvalue weighted by molar-refractivity contribution is -0.0328. The second-order valence-corrected chi connectivity index (χ2v) is 5.46. The van der Waals surface area contributed by atoms with Crippen LogP contribution in [0.2, 0.25) is 0 Å². The summed E-state index contributed by atoms with van der Waals surface area (Å²) in [5, 5.41) is 8.32. The van der Waals surface area contributed by atoms with Crippen molar-refractivity contribution in [1.29, 1.82) is 0 Å². The fraction of sp³-hybridized carbons (Fsp3) is 0.300. The fourth-order valence-corrected chi connectivity index (χ4v) is 2.47. The molecule has 1 heterocycles. The normalized spacial score (nSPS) is 16.3. The zero-order valence-corrected chi connectivity index (χ0v) is 10.6. The summed E-state index contributed by atoms with van der Waals surface area (Å²) in [5.41, 5.74) is -3.90. The van der Waals surface area contributed by atoms with E-state index in [2.05, 4.69) is 15.2 Å². The van der Waals surface area contributed by atoms with Crippen molar-refractivity contribution in [1.82, 2.24) is 0 Å². The van der Waals surface area contributed by atoms with Gasteiger partial charge in [-0.1, -0.05) is 17.8 Å². The van der Waals surface area contributed by atoms with Crippen molar-refractivity contribution in [3.63, 3.8) is 0 Å². The summed E-state index contributed by atoms with van der Waals surface area (Å²) in [5.74, 6) is 0.873. The van der Waals surface area contributed by atoms with Crippen LogP contribution in [0.3, 0.4) is 0 Å². The molecule has 0 bridgehead atoms. The number of benzene rings is 1. The van der Waals surface area contributed by atoms with Gasteiger partial charge in [0.05, 0.1) is 12.2 Å². The lowest BCUT2D eigenvalue weighted by Crippen LogP contribution is -1.98. The van der Waals surface area contributed by atoms with Gasteiger partial charge in [-0.3, -0.25) is 4.99 Å². The zero-order chi connectivity index (χ0) is 13.0. The van der Waals surface area contributed by atoms with Crippen LogP contribution in [0.15, 0.2) is 44.4 Å². The number of azo groups is 1. The third-order valence-corrected chi connectivity index (χ3v) is 3.45. The Bertz CT molecular complexity index is 486. The molecule has 8 heteroatoms. The molecule has 18 heavy (non-hydrogen) atoms. The molecule has 3 nitrogen and oxygen atoms in total. The van der Waals surface area contributed by atoms with Crippen LogP contribution in [-0.4, -0.2) is 23.0 Å². The van der Waals surface area contributed by atoms with E-state index in [4.69, 9.17) is 0 Å². The molecule has 0 aliphatic carbocycles. The Hall–Kier alpha value is -1.02. The van der Waals surface area contributed by atoms with Gasteiger partial charge in [0, 0.05) is 10.6 Å². The van der Waals surface area contributed by atoms with Crippen molar-refractivity contribution < 1.29 is 13.2 Å². The number of amidine groups is 1. The van der Waals surface area contributed by atoms with Crippen molar-refractivity contribution in [2.24, 2.45) is 15.2 Å². The minimum Gasteiger partial charge on any atom is -0.258 e. The van der Waals surface area contributed by atoms with Gasteiger partial charge in [0.15, 0.2) is 0 Å². The lowest BCUT2D eigenvalue weighted by atomic mass is 10.3. The Kier molecular flexibility index (Phi) is 4.28. The second-order valence-electron chi connectivity index (χ2n) is 3.26. The van der Waals surface area contributed by atoms with Crippen LogP contribution in [0, 0.1) is 0 Å². The molecule has 0 aromatic heterocycles. The maximum atomic E-state index is 12.2. The molecule has 0 fully saturated rings. The van der Waals surface area contributed by atoms with Crippen LogP contribution in [0.25, 0.3) is 0 Å². The van der Waals surface area contributed by atoms with Crippen LogP contribution in [0.5, 0.6) is 0 Å². The Morgan fingerprint density at radius 2 is 2.11 bits per heavy atom. The highest BCUT2D eigenvalue weighted by Gasteiger charge is 2.29. The Labute approximate surface area is 110 Å². The third-order valence-electron chi connectivity index (χ3n) is 1.87. The minimum absolute atomic E-state index is 0.0972. The van der Waals surface area contributed by atoms with Gasteiger partial charge in [0.1, 0.15) is 0 Å². The smallest absolute Gasteiger partial charge is 0.258 e. The number of aliphatic imine (C=N–C) groups is 1. The van der Waals surface area contributed by atoms with E-state index in [-0.39, 0.29) is 16.7 Å². The van der Waals surface area contributed by atoms with Gasteiger partial charge in [-0.15, -0.1) is 10.2 Å². The number of hydrogen-bond donors (Lipinski definition) is 0. The van der Waals surface area contributed by atoms with Crippen LogP contribution in [0.4, 0.5) is 18.9 Å². The number of thioether (sulfide) groups is 2. The molecule has 1 aliphatic heterocycles. The molecular weight excluding hydrogens is 283 g/mol. The van der Waals surface area contributed by atoms with E-state index in [1.807, 2.05) is 0 Å². The maximum absolute atomic E-state index is 12.2. The number of rotatable bonds is 2. The molecule has 0 spiro atoms. The van der Waals surface area contributed by atoms with Gasteiger partial charge in [-0.05, 0) is 30.0 Å². The fourth-order valence-electron chi connectivity index (χ4n) is 1.23. The molecular formula is C10H8F3N3S2. The van der Waals surface area contributed by atoms with Crippen molar-refractivity contribution >= 4 is 34.4 Å². The van der Waals surface area contributed by atoms with Gasteiger partial charge < -0.3 is 0 Å². The molecule has 2 rings (SSSR count). The Morgan fingerprint density at radius 3 is 2.78 bits per heavy atom. The lowest BCUT2D eigenvalue weighted by Gasteiger charge is -2.05. The highest BCUT2D eigenvalue weighted by molar-refractivity contribution is 8.14. The summed E-state index contributed by atoms with van der Waals surface area (Å²) < 4.78 is 36.6. The molecule has 1 aliphatic rings. The van der Waals surface area contributed by atoms with Crippen LogP contribution in [-0.2, 0) is 0 Å². The van der Waals surface area contributed by atoms with E-state index in [9.17, 15) is 13.2 Å². The molecule has 0 amide bonds. The van der Waals surface area contributed by atoms with Crippen molar-refractivity contribution in [3.05, 3.63) is 24.3 Å². The summed E-state index contributed by atoms with van der Waals surface area (Å²) in [6, 6.07) is 5.86. The van der Waals surface area contributed by atoms with Crippen LogP contribution >= 0.6 is 23.5 Å². The number of nitrogens with zero attached hydrogens (tertiary/aromatic N) is 3. The highest BCUT2D eigenvalue weighted by atomic mass is 32.2. The van der Waals surface area contributed by atoms with E-state index < -0.39 is 5.51 Å². The van der Waals surface area contributed by atoms with E-state index >= 15 is 0 Å². The number of alkyl halides is 3. The number of hydrogen-bond acceptors (Lipinski definition) is 5. The van der Waals surface area contributed by atoms with Crippen LogP contribution in [0.1, 0.15) is 0 Å². The van der Waals surface area contributed by atoms with E-state index in [1.165, 1.54) is 30.0 Å². The van der Waals surface area contributed by atoms with Crippen molar-refractivity contribution in [2.75, 3.05) is 12.3 Å². The Morgan fingerprint density at radius 1 is 1.28 bits per heavy atom.